The topological polar surface area (TPSA) is 89.9 Å². The summed E-state index contributed by atoms with van der Waals surface area (Å²) in [5, 5.41) is 17.4. The molecule has 1 aliphatic heterocycles. The molecule has 0 saturated carbocycles. The zero-order valence-corrected chi connectivity index (χ0v) is 12.9. The number of hydrogen-bond donors (Lipinski definition) is 3. The number of unbranched alkanes of at least 4 members (excludes halogenated alkanes) is 3. The summed E-state index contributed by atoms with van der Waals surface area (Å²) < 4.78 is 0. The quantitative estimate of drug-likeness (QED) is 0.322. The molecule has 3 N–H and O–H groups in total. The highest BCUT2D eigenvalue weighted by atomic mass is 16.5. The first-order valence-electron chi connectivity index (χ1n) is 7.96. The summed E-state index contributed by atoms with van der Waals surface area (Å²) in [5.41, 5.74) is 1.63. The molecule has 21 heavy (non-hydrogen) atoms. The second-order valence-electron chi connectivity index (χ2n) is 5.82. The van der Waals surface area contributed by atoms with Gasteiger partial charge in [-0.1, -0.05) is 19.8 Å². The van der Waals surface area contributed by atoms with E-state index >= 15 is 0 Å². The molecule has 0 aromatic rings. The summed E-state index contributed by atoms with van der Waals surface area (Å²) >= 11 is 0. The number of carbonyl (C=O) groups excluding carboxylic acids is 2. The molecule has 6 heteroatoms. The minimum Gasteiger partial charge on any atom is -0.396 e. The fraction of sp³-hybridized carbons (Fsp3) is 0.867. The molecular weight excluding hydrogens is 272 g/mol. The van der Waals surface area contributed by atoms with Crippen LogP contribution in [0.2, 0.25) is 0 Å². The molecule has 0 spiro atoms. The molecule has 1 fully saturated rings. The zero-order valence-electron chi connectivity index (χ0n) is 12.9. The number of nitrogens with one attached hydrogen (secondary N) is 1. The van der Waals surface area contributed by atoms with Crippen molar-refractivity contribution in [3.8, 4) is 0 Å². The molecule has 6 nitrogen and oxygen atoms in total. The van der Waals surface area contributed by atoms with Gasteiger partial charge in [-0.05, 0) is 31.6 Å². The predicted molar refractivity (Wildman–Crippen MR) is 78.6 cm³/mol. The molecule has 1 heterocycles. The van der Waals surface area contributed by atoms with E-state index in [1.165, 1.54) is 0 Å². The van der Waals surface area contributed by atoms with E-state index in [1.54, 1.807) is 5.48 Å². The standard InChI is InChI=1S/C15H28N2O4/c1-2-3-7-12-11-17(8-5-4-6-9-18)15(20)13(12)10-14(19)16-21/h12-13,18,21H,2-11H2,1H3,(H,16,19)/t12-,13-/m0/s1. The Morgan fingerprint density at radius 2 is 2.10 bits per heavy atom. The van der Waals surface area contributed by atoms with Crippen LogP contribution in [0.15, 0.2) is 0 Å². The third-order valence-electron chi connectivity index (χ3n) is 4.20. The fourth-order valence-electron chi connectivity index (χ4n) is 2.99. The van der Waals surface area contributed by atoms with Crippen LogP contribution in [0.1, 0.15) is 51.9 Å². The van der Waals surface area contributed by atoms with E-state index in [-0.39, 0.29) is 30.8 Å². The molecule has 1 saturated heterocycles. The zero-order chi connectivity index (χ0) is 15.7. The average molecular weight is 300 g/mol. The van der Waals surface area contributed by atoms with Gasteiger partial charge in [0.05, 0.1) is 5.92 Å². The van der Waals surface area contributed by atoms with Crippen molar-refractivity contribution in [1.82, 2.24) is 10.4 Å². The third kappa shape index (κ3) is 5.63. The first-order chi connectivity index (χ1) is 10.1. The predicted octanol–water partition coefficient (Wildman–Crippen LogP) is 1.31. The lowest BCUT2D eigenvalue weighted by Gasteiger charge is -2.16. The van der Waals surface area contributed by atoms with Crippen molar-refractivity contribution < 1.29 is 19.9 Å². The molecule has 2 amide bonds. The van der Waals surface area contributed by atoms with Crippen molar-refractivity contribution in [2.45, 2.75) is 51.9 Å². The van der Waals surface area contributed by atoms with Gasteiger partial charge >= 0.3 is 0 Å². The highest BCUT2D eigenvalue weighted by Crippen LogP contribution is 2.31. The number of aliphatic hydroxyl groups is 1. The highest BCUT2D eigenvalue weighted by Gasteiger charge is 2.40. The van der Waals surface area contributed by atoms with E-state index in [2.05, 4.69) is 6.92 Å². The number of hydroxylamine groups is 1. The fourth-order valence-corrected chi connectivity index (χ4v) is 2.99. The van der Waals surface area contributed by atoms with Crippen molar-refractivity contribution >= 4 is 11.8 Å². The number of amides is 2. The normalized spacial score (nSPS) is 21.9. The Hall–Kier alpha value is -1.14. The van der Waals surface area contributed by atoms with E-state index in [0.29, 0.717) is 13.1 Å². The molecule has 0 unspecified atom stereocenters. The number of likely N-dealkylation sites (tertiary alicyclic amines) is 1. The van der Waals surface area contributed by atoms with Crippen LogP contribution in [0, 0.1) is 11.8 Å². The summed E-state index contributed by atoms with van der Waals surface area (Å²) in [6, 6.07) is 0. The summed E-state index contributed by atoms with van der Waals surface area (Å²) in [6.07, 6.45) is 5.67. The van der Waals surface area contributed by atoms with Gasteiger partial charge in [0.25, 0.3) is 0 Å². The van der Waals surface area contributed by atoms with Crippen molar-refractivity contribution in [3.63, 3.8) is 0 Å². The Morgan fingerprint density at radius 3 is 2.71 bits per heavy atom. The Labute approximate surface area is 126 Å². The van der Waals surface area contributed by atoms with Crippen molar-refractivity contribution in [2.75, 3.05) is 19.7 Å². The van der Waals surface area contributed by atoms with E-state index in [4.69, 9.17) is 10.3 Å². The molecule has 0 aromatic carbocycles. The van der Waals surface area contributed by atoms with E-state index in [0.717, 1.165) is 38.5 Å². The largest absolute Gasteiger partial charge is 0.396 e. The second-order valence-corrected chi connectivity index (χ2v) is 5.82. The number of rotatable bonds is 10. The monoisotopic (exact) mass is 300 g/mol. The molecule has 0 aliphatic carbocycles. The minimum atomic E-state index is -0.489. The lowest BCUT2D eigenvalue weighted by atomic mass is 9.88. The van der Waals surface area contributed by atoms with Crippen LogP contribution >= 0.6 is 0 Å². The number of hydrogen-bond acceptors (Lipinski definition) is 4. The van der Waals surface area contributed by atoms with Crippen molar-refractivity contribution in [2.24, 2.45) is 11.8 Å². The van der Waals surface area contributed by atoms with Crippen LogP contribution in [0.3, 0.4) is 0 Å². The van der Waals surface area contributed by atoms with Gasteiger partial charge in [-0.15, -0.1) is 0 Å². The first kappa shape index (κ1) is 17.9. The number of nitrogens with zero attached hydrogens (tertiary/aromatic N) is 1. The number of carbonyl (C=O) groups is 2. The molecular formula is C15H28N2O4. The van der Waals surface area contributed by atoms with Crippen molar-refractivity contribution in [1.29, 1.82) is 0 Å². The molecule has 0 aromatic heterocycles. The lowest BCUT2D eigenvalue weighted by molar-refractivity contribution is -0.137. The maximum atomic E-state index is 12.4. The smallest absolute Gasteiger partial charge is 0.244 e. The van der Waals surface area contributed by atoms with E-state index in [9.17, 15) is 9.59 Å². The van der Waals surface area contributed by atoms with Crippen LogP contribution in [-0.2, 0) is 9.59 Å². The van der Waals surface area contributed by atoms with Gasteiger partial charge in [0.15, 0.2) is 0 Å². The van der Waals surface area contributed by atoms with Gasteiger partial charge < -0.3 is 10.0 Å². The second kappa shape index (κ2) is 9.73. The summed E-state index contributed by atoms with van der Waals surface area (Å²) in [5.74, 6) is -0.560. The SMILES string of the molecule is CCCC[C@H]1CN(CCCCCO)C(=O)[C@H]1CC(=O)NO. The van der Waals surface area contributed by atoms with E-state index in [1.807, 2.05) is 4.90 Å². The lowest BCUT2D eigenvalue weighted by Crippen LogP contribution is -2.31. The maximum absolute atomic E-state index is 12.4. The molecule has 122 valence electrons. The molecule has 1 aliphatic rings. The first-order valence-corrected chi connectivity index (χ1v) is 7.96. The molecule has 0 bridgehead atoms. The Morgan fingerprint density at radius 1 is 1.33 bits per heavy atom. The number of aliphatic hydroxyl groups excluding tert-OH is 1. The van der Waals surface area contributed by atoms with Crippen LogP contribution in [0.4, 0.5) is 0 Å². The Bertz CT molecular complexity index is 336. The molecule has 1 rings (SSSR count). The van der Waals surface area contributed by atoms with E-state index < -0.39 is 5.91 Å². The van der Waals surface area contributed by atoms with Crippen LogP contribution < -0.4 is 5.48 Å². The summed E-state index contributed by atoms with van der Waals surface area (Å²) in [7, 11) is 0. The Balaban J connectivity index is 2.55. The van der Waals surface area contributed by atoms with Crippen molar-refractivity contribution in [3.05, 3.63) is 0 Å². The summed E-state index contributed by atoms with van der Waals surface area (Å²) in [6.45, 7) is 3.70. The molecule has 0 radical (unpaired) electrons. The molecule has 2 atom stereocenters. The Kier molecular flexibility index (Phi) is 8.30. The maximum Gasteiger partial charge on any atom is 0.244 e. The minimum absolute atomic E-state index is 0.0312. The van der Waals surface area contributed by atoms with Gasteiger partial charge in [-0.25, -0.2) is 5.48 Å². The van der Waals surface area contributed by atoms with Gasteiger partial charge in [-0.2, -0.15) is 0 Å². The van der Waals surface area contributed by atoms with Gasteiger partial charge in [0, 0.05) is 26.1 Å². The van der Waals surface area contributed by atoms with Crippen LogP contribution in [0.5, 0.6) is 0 Å². The van der Waals surface area contributed by atoms with Gasteiger partial charge in [0.2, 0.25) is 11.8 Å². The average Bonchev–Trinajstić information content (AvgIpc) is 2.78. The van der Waals surface area contributed by atoms with Crippen LogP contribution in [-0.4, -0.2) is 46.7 Å². The van der Waals surface area contributed by atoms with Gasteiger partial charge in [0.1, 0.15) is 0 Å². The highest BCUT2D eigenvalue weighted by molar-refractivity contribution is 5.87. The third-order valence-corrected chi connectivity index (χ3v) is 4.20. The van der Waals surface area contributed by atoms with Crippen LogP contribution in [0.25, 0.3) is 0 Å². The van der Waals surface area contributed by atoms with Gasteiger partial charge in [-0.3, -0.25) is 14.8 Å². The summed E-state index contributed by atoms with van der Waals surface area (Å²) in [4.78, 5) is 25.6.